The van der Waals surface area contributed by atoms with Crippen LogP contribution in [0.3, 0.4) is 0 Å². The molecule has 0 bridgehead atoms. The molecule has 11 heteroatoms. The average molecular weight is 397 g/mol. The second-order valence-corrected chi connectivity index (χ2v) is 8.27. The molecule has 0 fully saturated rings. The number of methoxy groups -OCH3 is 1. The molecular weight excluding hydrogens is 382 g/mol. The minimum atomic E-state index is -4.01. The first-order chi connectivity index (χ1) is 12.3. The summed E-state index contributed by atoms with van der Waals surface area (Å²) in [5.74, 6) is -0.606. The highest BCUT2D eigenvalue weighted by molar-refractivity contribution is 7.93. The Morgan fingerprint density at radius 1 is 1.35 bits per heavy atom. The summed E-state index contributed by atoms with van der Waals surface area (Å²) in [5, 5.41) is 14.1. The Hall–Kier alpha value is -2.50. The first kappa shape index (κ1) is 18.3. The van der Waals surface area contributed by atoms with Gasteiger partial charge in [0.1, 0.15) is 5.00 Å². The van der Waals surface area contributed by atoms with Crippen LogP contribution in [-0.2, 0) is 27.7 Å². The smallest absolute Gasteiger partial charge is 0.341 e. The van der Waals surface area contributed by atoms with Crippen LogP contribution in [0.15, 0.2) is 29.2 Å². The molecule has 3 rings (SSSR count). The summed E-state index contributed by atoms with van der Waals surface area (Å²) < 4.78 is 32.5. The quantitative estimate of drug-likeness (QED) is 0.448. The zero-order chi connectivity index (χ0) is 18.9. The number of thiophene rings is 1. The van der Waals surface area contributed by atoms with E-state index in [4.69, 9.17) is 4.74 Å². The lowest BCUT2D eigenvalue weighted by Crippen LogP contribution is -2.23. The Morgan fingerprint density at radius 2 is 2.04 bits per heavy atom. The van der Waals surface area contributed by atoms with Crippen LogP contribution in [-0.4, -0.2) is 33.0 Å². The molecule has 138 valence electrons. The van der Waals surface area contributed by atoms with E-state index in [0.29, 0.717) is 19.5 Å². The number of carbonyl (C=O) groups excluding carboxylic acids is 1. The summed E-state index contributed by atoms with van der Waals surface area (Å²) >= 11 is 1.17. The van der Waals surface area contributed by atoms with E-state index in [1.807, 2.05) is 0 Å². The van der Waals surface area contributed by atoms with Crippen LogP contribution in [0.1, 0.15) is 20.8 Å². The van der Waals surface area contributed by atoms with Crippen molar-refractivity contribution in [3.05, 3.63) is 50.4 Å². The molecule has 2 N–H and O–H groups in total. The zero-order valence-corrected chi connectivity index (χ0v) is 15.3. The van der Waals surface area contributed by atoms with Crippen molar-refractivity contribution in [2.24, 2.45) is 0 Å². The monoisotopic (exact) mass is 397 g/mol. The van der Waals surface area contributed by atoms with Gasteiger partial charge in [-0.1, -0.05) is 0 Å². The van der Waals surface area contributed by atoms with Gasteiger partial charge in [0, 0.05) is 23.6 Å². The van der Waals surface area contributed by atoms with Gasteiger partial charge in [0.15, 0.2) is 0 Å². The SMILES string of the molecule is COC(=O)c1c(NS(=O)(=O)c2ccc([N+](=O)[O-])cc2)sc2c1CCNC2. The molecule has 0 saturated carbocycles. The number of fused-ring (bicyclic) bond motifs is 1. The topological polar surface area (TPSA) is 128 Å². The number of sulfonamides is 1. The number of hydrogen-bond donors (Lipinski definition) is 2. The third-order valence-electron chi connectivity index (χ3n) is 3.90. The fraction of sp³-hybridized carbons (Fsp3) is 0.267. The number of nitro groups is 1. The van der Waals surface area contributed by atoms with Gasteiger partial charge in [-0.2, -0.15) is 0 Å². The van der Waals surface area contributed by atoms with Crippen molar-refractivity contribution < 1.29 is 22.9 Å². The van der Waals surface area contributed by atoms with E-state index in [1.54, 1.807) is 0 Å². The molecule has 0 amide bonds. The van der Waals surface area contributed by atoms with Crippen molar-refractivity contribution in [1.82, 2.24) is 5.32 Å². The number of ether oxygens (including phenoxy) is 1. The van der Waals surface area contributed by atoms with Crippen LogP contribution < -0.4 is 10.0 Å². The number of esters is 1. The molecule has 0 aliphatic carbocycles. The van der Waals surface area contributed by atoms with Gasteiger partial charge in [0.05, 0.1) is 22.5 Å². The van der Waals surface area contributed by atoms with E-state index in [9.17, 15) is 23.3 Å². The molecule has 2 aromatic rings. The Morgan fingerprint density at radius 3 is 2.65 bits per heavy atom. The van der Waals surface area contributed by atoms with E-state index in [1.165, 1.54) is 18.4 Å². The second kappa shape index (κ2) is 7.02. The normalized spacial score (nSPS) is 13.7. The maximum Gasteiger partial charge on any atom is 0.341 e. The predicted octanol–water partition coefficient (Wildman–Crippen LogP) is 1.89. The number of nitrogens with zero attached hydrogens (tertiary/aromatic N) is 1. The highest BCUT2D eigenvalue weighted by atomic mass is 32.2. The van der Waals surface area contributed by atoms with Gasteiger partial charge in [0.2, 0.25) is 0 Å². The summed E-state index contributed by atoms with van der Waals surface area (Å²) in [6.07, 6.45) is 0.593. The van der Waals surface area contributed by atoms with Crippen molar-refractivity contribution in [3.8, 4) is 0 Å². The average Bonchev–Trinajstić information content (AvgIpc) is 2.98. The first-order valence-corrected chi connectivity index (χ1v) is 9.84. The van der Waals surface area contributed by atoms with Crippen molar-refractivity contribution in [1.29, 1.82) is 0 Å². The van der Waals surface area contributed by atoms with Crippen molar-refractivity contribution >= 4 is 38.0 Å². The third-order valence-corrected chi connectivity index (χ3v) is 6.54. The maximum absolute atomic E-state index is 12.6. The van der Waals surface area contributed by atoms with Gasteiger partial charge >= 0.3 is 5.97 Å². The molecule has 1 aliphatic heterocycles. The van der Waals surface area contributed by atoms with Gasteiger partial charge in [0.25, 0.3) is 15.7 Å². The van der Waals surface area contributed by atoms with Gasteiger partial charge in [-0.3, -0.25) is 14.8 Å². The lowest BCUT2D eigenvalue weighted by molar-refractivity contribution is -0.384. The lowest BCUT2D eigenvalue weighted by atomic mass is 10.0. The lowest BCUT2D eigenvalue weighted by Gasteiger charge is -2.13. The predicted molar refractivity (Wildman–Crippen MR) is 95.0 cm³/mol. The van der Waals surface area contributed by atoms with Crippen LogP contribution in [0, 0.1) is 10.1 Å². The van der Waals surface area contributed by atoms with E-state index in [2.05, 4.69) is 10.0 Å². The highest BCUT2D eigenvalue weighted by Crippen LogP contribution is 2.37. The van der Waals surface area contributed by atoms with E-state index >= 15 is 0 Å². The van der Waals surface area contributed by atoms with Crippen LogP contribution in [0.25, 0.3) is 0 Å². The maximum atomic E-state index is 12.6. The van der Waals surface area contributed by atoms with E-state index in [0.717, 1.165) is 34.7 Å². The van der Waals surface area contributed by atoms with Crippen molar-refractivity contribution in [3.63, 3.8) is 0 Å². The molecule has 1 aromatic carbocycles. The van der Waals surface area contributed by atoms with E-state index in [-0.39, 0.29) is 21.1 Å². The Bertz CT molecular complexity index is 966. The molecule has 0 unspecified atom stereocenters. The molecule has 9 nitrogen and oxygen atoms in total. The van der Waals surface area contributed by atoms with Crippen LogP contribution in [0.2, 0.25) is 0 Å². The van der Waals surface area contributed by atoms with Crippen LogP contribution in [0.4, 0.5) is 10.7 Å². The number of rotatable bonds is 5. The zero-order valence-electron chi connectivity index (χ0n) is 13.6. The minimum Gasteiger partial charge on any atom is -0.465 e. The Kier molecular flexibility index (Phi) is 4.94. The number of nitro benzene ring substituents is 1. The summed E-state index contributed by atoms with van der Waals surface area (Å²) in [5.41, 5.74) is 0.790. The number of nitrogens with one attached hydrogen (secondary N) is 2. The second-order valence-electron chi connectivity index (χ2n) is 5.48. The Labute approximate surface area is 153 Å². The molecule has 1 aliphatic rings. The summed E-state index contributed by atoms with van der Waals surface area (Å²) in [4.78, 5) is 23.0. The van der Waals surface area contributed by atoms with Crippen molar-refractivity contribution in [2.45, 2.75) is 17.9 Å². The van der Waals surface area contributed by atoms with Crippen LogP contribution >= 0.6 is 11.3 Å². The van der Waals surface area contributed by atoms with E-state index < -0.39 is 20.9 Å². The third kappa shape index (κ3) is 3.41. The highest BCUT2D eigenvalue weighted by Gasteiger charge is 2.28. The standard InChI is InChI=1S/C15H15N3O6S2/c1-24-15(19)13-11-6-7-16-8-12(11)25-14(13)17-26(22,23)10-4-2-9(3-5-10)18(20)21/h2-5,16-17H,6-8H2,1H3. The number of anilines is 1. The van der Waals surface area contributed by atoms with Crippen LogP contribution in [0.5, 0.6) is 0 Å². The molecule has 0 spiro atoms. The molecule has 26 heavy (non-hydrogen) atoms. The fourth-order valence-corrected chi connectivity index (χ4v) is 5.16. The number of benzene rings is 1. The largest absolute Gasteiger partial charge is 0.465 e. The van der Waals surface area contributed by atoms with Gasteiger partial charge in [-0.15, -0.1) is 11.3 Å². The molecular formula is C15H15N3O6S2. The summed E-state index contributed by atoms with van der Waals surface area (Å²) in [6, 6.07) is 4.51. The van der Waals surface area contributed by atoms with Crippen molar-refractivity contribution in [2.75, 3.05) is 18.4 Å². The molecule has 2 heterocycles. The minimum absolute atomic E-state index is 0.136. The molecule has 0 saturated heterocycles. The van der Waals surface area contributed by atoms with Gasteiger partial charge in [-0.05, 0) is 30.7 Å². The summed E-state index contributed by atoms with van der Waals surface area (Å²) in [6.45, 7) is 1.23. The Balaban J connectivity index is 1.98. The number of hydrogen-bond acceptors (Lipinski definition) is 8. The summed E-state index contributed by atoms with van der Waals surface area (Å²) in [7, 11) is -2.77. The number of non-ortho nitro benzene ring substituents is 1. The molecule has 0 atom stereocenters. The van der Waals surface area contributed by atoms with Gasteiger partial charge < -0.3 is 10.1 Å². The van der Waals surface area contributed by atoms with Gasteiger partial charge in [-0.25, -0.2) is 13.2 Å². The first-order valence-electron chi connectivity index (χ1n) is 7.54. The molecule has 0 radical (unpaired) electrons. The number of carbonyl (C=O) groups is 1. The fourth-order valence-electron chi connectivity index (χ4n) is 2.65. The molecule has 1 aromatic heterocycles.